The smallest absolute Gasteiger partial charge is 0.189 e. The summed E-state index contributed by atoms with van der Waals surface area (Å²) in [4.78, 5) is 7.29. The molecule has 2 aliphatic rings. The second-order valence-electron chi connectivity index (χ2n) is 7.43. The van der Waals surface area contributed by atoms with Crippen molar-refractivity contribution >= 4 is 5.96 Å². The van der Waals surface area contributed by atoms with Crippen LogP contribution in [0.4, 0.5) is 0 Å². The van der Waals surface area contributed by atoms with Crippen molar-refractivity contribution in [3.05, 3.63) is 0 Å². The number of nitrogens with two attached hydrogens (primary N) is 1. The molecule has 0 aromatic heterocycles. The van der Waals surface area contributed by atoms with Crippen LogP contribution in [0.5, 0.6) is 0 Å². The van der Waals surface area contributed by atoms with E-state index in [4.69, 9.17) is 5.73 Å². The number of aliphatic imine (C=N–C) groups is 1. The van der Waals surface area contributed by atoms with Crippen LogP contribution in [0.2, 0.25) is 0 Å². The molecule has 3 N–H and O–H groups in total. The van der Waals surface area contributed by atoms with Gasteiger partial charge in [0.15, 0.2) is 5.96 Å². The average Bonchev–Trinajstić information content (AvgIpc) is 2.83. The number of hydrogen-bond donors (Lipinski definition) is 2. The summed E-state index contributed by atoms with van der Waals surface area (Å²) in [5.74, 6) is 0.591. The van der Waals surface area contributed by atoms with Gasteiger partial charge in [-0.05, 0) is 53.0 Å². The lowest BCUT2D eigenvalue weighted by molar-refractivity contribution is 0.145. The first-order chi connectivity index (χ1) is 9.46. The Kier molecular flexibility index (Phi) is 5.30. The molecule has 1 saturated carbocycles. The lowest BCUT2D eigenvalue weighted by Crippen LogP contribution is -2.46. The average molecular weight is 280 g/mol. The van der Waals surface area contributed by atoms with Crippen molar-refractivity contribution in [2.75, 3.05) is 13.1 Å². The Hall–Kier alpha value is -0.770. The fourth-order valence-corrected chi connectivity index (χ4v) is 3.57. The van der Waals surface area contributed by atoms with E-state index in [0.717, 1.165) is 12.6 Å². The number of rotatable bonds is 3. The quantitative estimate of drug-likeness (QED) is 0.617. The van der Waals surface area contributed by atoms with Gasteiger partial charge in [-0.3, -0.25) is 9.89 Å². The molecule has 4 nitrogen and oxygen atoms in total. The molecular weight excluding hydrogens is 248 g/mol. The zero-order valence-corrected chi connectivity index (χ0v) is 13.5. The van der Waals surface area contributed by atoms with Crippen molar-refractivity contribution in [3.63, 3.8) is 0 Å². The van der Waals surface area contributed by atoms with Gasteiger partial charge in [-0.2, -0.15) is 0 Å². The zero-order chi connectivity index (χ0) is 14.6. The zero-order valence-electron chi connectivity index (χ0n) is 13.5. The van der Waals surface area contributed by atoms with E-state index in [1.165, 1.54) is 51.5 Å². The highest BCUT2D eigenvalue weighted by Crippen LogP contribution is 2.29. The summed E-state index contributed by atoms with van der Waals surface area (Å²) in [5, 5.41) is 3.25. The fraction of sp³-hybridized carbons (Fsp3) is 0.938. The van der Waals surface area contributed by atoms with Gasteiger partial charge in [-0.15, -0.1) is 0 Å². The van der Waals surface area contributed by atoms with Crippen LogP contribution in [0, 0.1) is 0 Å². The summed E-state index contributed by atoms with van der Waals surface area (Å²) < 4.78 is 0. The van der Waals surface area contributed by atoms with Gasteiger partial charge in [0.1, 0.15) is 0 Å². The Morgan fingerprint density at radius 3 is 2.50 bits per heavy atom. The third kappa shape index (κ3) is 4.65. The first kappa shape index (κ1) is 15.6. The largest absolute Gasteiger partial charge is 0.370 e. The Labute approximate surface area is 124 Å². The van der Waals surface area contributed by atoms with E-state index in [1.54, 1.807) is 0 Å². The minimum Gasteiger partial charge on any atom is -0.370 e. The van der Waals surface area contributed by atoms with E-state index in [-0.39, 0.29) is 5.54 Å². The highest BCUT2D eigenvalue weighted by atomic mass is 15.2. The van der Waals surface area contributed by atoms with Gasteiger partial charge in [0, 0.05) is 17.6 Å². The number of likely N-dealkylation sites (tertiary alicyclic amines) is 1. The van der Waals surface area contributed by atoms with Crippen LogP contribution in [0.3, 0.4) is 0 Å². The molecule has 1 heterocycles. The molecule has 0 aromatic rings. The van der Waals surface area contributed by atoms with Crippen molar-refractivity contribution in [3.8, 4) is 0 Å². The minimum absolute atomic E-state index is 0.00762. The predicted octanol–water partition coefficient (Wildman–Crippen LogP) is 2.49. The molecule has 1 atom stereocenters. The Morgan fingerprint density at radius 1 is 1.15 bits per heavy atom. The molecule has 0 amide bonds. The third-order valence-electron chi connectivity index (χ3n) is 4.44. The number of guanidine groups is 1. The SMILES string of the molecule is CC(C)(C)NC(N)=NCC1CCCN1C1CCCCC1. The molecule has 1 saturated heterocycles. The van der Waals surface area contributed by atoms with Gasteiger partial charge in [0.2, 0.25) is 0 Å². The molecule has 0 aromatic carbocycles. The summed E-state index contributed by atoms with van der Waals surface area (Å²) in [6.07, 6.45) is 9.61. The van der Waals surface area contributed by atoms with E-state index < -0.39 is 0 Å². The summed E-state index contributed by atoms with van der Waals surface area (Å²) >= 11 is 0. The first-order valence-corrected chi connectivity index (χ1v) is 8.29. The topological polar surface area (TPSA) is 53.6 Å². The molecular formula is C16H32N4. The van der Waals surface area contributed by atoms with Gasteiger partial charge in [0.25, 0.3) is 0 Å². The van der Waals surface area contributed by atoms with Crippen LogP contribution in [-0.4, -0.2) is 41.6 Å². The first-order valence-electron chi connectivity index (χ1n) is 8.29. The van der Waals surface area contributed by atoms with Gasteiger partial charge in [-0.1, -0.05) is 19.3 Å². The molecule has 4 heteroatoms. The molecule has 0 radical (unpaired) electrons. The highest BCUT2D eigenvalue weighted by Gasteiger charge is 2.31. The van der Waals surface area contributed by atoms with Gasteiger partial charge >= 0.3 is 0 Å². The molecule has 1 aliphatic carbocycles. The van der Waals surface area contributed by atoms with Crippen LogP contribution in [-0.2, 0) is 0 Å². The van der Waals surface area contributed by atoms with Crippen LogP contribution in [0.25, 0.3) is 0 Å². The van der Waals surface area contributed by atoms with Gasteiger partial charge in [-0.25, -0.2) is 0 Å². The number of nitrogens with zero attached hydrogens (tertiary/aromatic N) is 2. The monoisotopic (exact) mass is 280 g/mol. The van der Waals surface area contributed by atoms with Crippen molar-refractivity contribution in [1.29, 1.82) is 0 Å². The molecule has 0 bridgehead atoms. The van der Waals surface area contributed by atoms with Crippen molar-refractivity contribution in [2.24, 2.45) is 10.7 Å². The summed E-state index contributed by atoms with van der Waals surface area (Å²) in [5.41, 5.74) is 5.97. The van der Waals surface area contributed by atoms with Crippen LogP contribution >= 0.6 is 0 Å². The Balaban J connectivity index is 1.86. The van der Waals surface area contributed by atoms with E-state index in [2.05, 4.69) is 36.0 Å². The van der Waals surface area contributed by atoms with Crippen molar-refractivity contribution < 1.29 is 0 Å². The maximum atomic E-state index is 5.98. The predicted molar refractivity (Wildman–Crippen MR) is 86.0 cm³/mol. The molecule has 0 spiro atoms. The summed E-state index contributed by atoms with van der Waals surface area (Å²) in [6, 6.07) is 1.42. The van der Waals surface area contributed by atoms with Gasteiger partial charge in [0.05, 0.1) is 6.54 Å². The number of hydrogen-bond acceptors (Lipinski definition) is 2. The highest BCUT2D eigenvalue weighted by molar-refractivity contribution is 5.78. The molecule has 1 aliphatic heterocycles. The van der Waals surface area contributed by atoms with E-state index in [1.807, 2.05) is 0 Å². The van der Waals surface area contributed by atoms with Crippen molar-refractivity contribution in [2.45, 2.75) is 83.3 Å². The molecule has 116 valence electrons. The molecule has 2 rings (SSSR count). The second kappa shape index (κ2) is 6.79. The van der Waals surface area contributed by atoms with E-state index >= 15 is 0 Å². The second-order valence-corrected chi connectivity index (χ2v) is 7.43. The lowest BCUT2D eigenvalue weighted by Gasteiger charge is -2.35. The summed E-state index contributed by atoms with van der Waals surface area (Å²) in [6.45, 7) is 8.45. The Morgan fingerprint density at radius 2 is 1.85 bits per heavy atom. The molecule has 1 unspecified atom stereocenters. The maximum Gasteiger partial charge on any atom is 0.189 e. The maximum absolute atomic E-state index is 5.98. The summed E-state index contributed by atoms with van der Waals surface area (Å²) in [7, 11) is 0. The molecule has 2 fully saturated rings. The standard InChI is InChI=1S/C16H32N4/c1-16(2,3)19-15(17)18-12-14-10-7-11-20(14)13-8-5-4-6-9-13/h13-14H,4-12H2,1-3H3,(H3,17,18,19). The number of nitrogens with one attached hydrogen (secondary N) is 1. The lowest BCUT2D eigenvalue weighted by atomic mass is 9.94. The third-order valence-corrected chi connectivity index (χ3v) is 4.44. The fourth-order valence-electron chi connectivity index (χ4n) is 3.57. The van der Waals surface area contributed by atoms with Crippen LogP contribution < -0.4 is 11.1 Å². The van der Waals surface area contributed by atoms with E-state index in [0.29, 0.717) is 12.0 Å². The Bertz CT molecular complexity index is 326. The van der Waals surface area contributed by atoms with Crippen molar-refractivity contribution in [1.82, 2.24) is 10.2 Å². The van der Waals surface area contributed by atoms with E-state index in [9.17, 15) is 0 Å². The minimum atomic E-state index is -0.00762. The van der Waals surface area contributed by atoms with Crippen LogP contribution in [0.1, 0.15) is 65.7 Å². The molecule has 20 heavy (non-hydrogen) atoms. The normalized spacial score (nSPS) is 26.9. The van der Waals surface area contributed by atoms with Gasteiger partial charge < -0.3 is 11.1 Å². The van der Waals surface area contributed by atoms with Crippen LogP contribution in [0.15, 0.2) is 4.99 Å².